The third-order valence-electron chi connectivity index (χ3n) is 4.29. The lowest BCUT2D eigenvalue weighted by atomic mass is 10.1. The average Bonchev–Trinajstić information content (AvgIpc) is 3.14. The molecule has 7 nitrogen and oxygen atoms in total. The van der Waals surface area contributed by atoms with E-state index >= 15 is 0 Å². The minimum absolute atomic E-state index is 0.0683. The van der Waals surface area contributed by atoms with Crippen LogP contribution in [0.4, 0.5) is 0 Å². The van der Waals surface area contributed by atoms with Gasteiger partial charge in [0.15, 0.2) is 12.1 Å². The summed E-state index contributed by atoms with van der Waals surface area (Å²) >= 11 is 0. The van der Waals surface area contributed by atoms with E-state index in [1.807, 2.05) is 22.7 Å². The van der Waals surface area contributed by atoms with Crippen LogP contribution in [-0.2, 0) is 7.05 Å². The van der Waals surface area contributed by atoms with Gasteiger partial charge < -0.3 is 13.9 Å². The molecule has 1 amide bonds. The van der Waals surface area contributed by atoms with Crippen LogP contribution in [0.2, 0.25) is 0 Å². The van der Waals surface area contributed by atoms with Crippen molar-refractivity contribution in [3.8, 4) is 0 Å². The smallest absolute Gasteiger partial charge is 0.276 e. The minimum atomic E-state index is -0.0683. The van der Waals surface area contributed by atoms with Crippen LogP contribution in [0.3, 0.4) is 0 Å². The van der Waals surface area contributed by atoms with Crippen LogP contribution >= 0.6 is 0 Å². The van der Waals surface area contributed by atoms with Crippen LogP contribution in [0.5, 0.6) is 0 Å². The van der Waals surface area contributed by atoms with Crippen LogP contribution in [0.25, 0.3) is 0 Å². The van der Waals surface area contributed by atoms with Gasteiger partial charge in [-0.25, -0.2) is 9.97 Å². The van der Waals surface area contributed by atoms with Crippen LogP contribution in [0.15, 0.2) is 23.2 Å². The van der Waals surface area contributed by atoms with Gasteiger partial charge in [0.25, 0.3) is 5.91 Å². The molecule has 0 radical (unpaired) electrons. The predicted molar refractivity (Wildman–Crippen MR) is 80.3 cm³/mol. The number of rotatable bonds is 3. The van der Waals surface area contributed by atoms with Crippen LogP contribution in [0, 0.1) is 6.92 Å². The SMILES string of the molecule is CCN1CCN(C(=O)c2ncoc2C)CC1c1nccn1C. The topological polar surface area (TPSA) is 67.4 Å². The standard InChI is InChI=1S/C15H21N5O2/c1-4-19-7-8-20(15(21)13-11(2)22-10-17-13)9-12(19)14-16-5-6-18(14)3/h5-6,10,12H,4,7-9H2,1-3H3. The van der Waals surface area contributed by atoms with Gasteiger partial charge in [-0.05, 0) is 13.5 Å². The predicted octanol–water partition coefficient (Wildman–Crippen LogP) is 1.24. The molecule has 1 fully saturated rings. The van der Waals surface area contributed by atoms with E-state index in [9.17, 15) is 4.79 Å². The second kappa shape index (κ2) is 5.92. The lowest BCUT2D eigenvalue weighted by molar-refractivity contribution is 0.0467. The molecule has 0 spiro atoms. The molecule has 118 valence electrons. The van der Waals surface area contributed by atoms with E-state index in [0.717, 1.165) is 18.9 Å². The van der Waals surface area contributed by atoms with Gasteiger partial charge in [-0.3, -0.25) is 9.69 Å². The van der Waals surface area contributed by atoms with Gasteiger partial charge >= 0.3 is 0 Å². The van der Waals surface area contributed by atoms with E-state index in [0.29, 0.717) is 24.5 Å². The number of nitrogens with zero attached hydrogens (tertiary/aromatic N) is 5. The molecule has 2 aromatic heterocycles. The second-order valence-electron chi connectivity index (χ2n) is 5.55. The van der Waals surface area contributed by atoms with Crippen LogP contribution in [0.1, 0.15) is 35.0 Å². The zero-order valence-corrected chi connectivity index (χ0v) is 13.2. The van der Waals surface area contributed by atoms with Gasteiger partial charge in [0, 0.05) is 39.1 Å². The molecular formula is C15H21N5O2. The Hall–Kier alpha value is -2.15. The molecular weight excluding hydrogens is 282 g/mol. The number of piperazine rings is 1. The average molecular weight is 303 g/mol. The fraction of sp³-hybridized carbons (Fsp3) is 0.533. The molecule has 7 heteroatoms. The first-order chi connectivity index (χ1) is 10.6. The van der Waals surface area contributed by atoms with Crippen LogP contribution in [-0.4, -0.2) is 56.4 Å². The Morgan fingerprint density at radius 3 is 2.82 bits per heavy atom. The first-order valence-electron chi connectivity index (χ1n) is 7.52. The molecule has 1 atom stereocenters. The Morgan fingerprint density at radius 2 is 2.23 bits per heavy atom. The number of carbonyl (C=O) groups excluding carboxylic acids is 1. The van der Waals surface area contributed by atoms with Crippen molar-refractivity contribution in [2.24, 2.45) is 7.05 Å². The zero-order valence-electron chi connectivity index (χ0n) is 13.2. The molecule has 0 aliphatic carbocycles. The van der Waals surface area contributed by atoms with E-state index in [1.54, 1.807) is 13.1 Å². The second-order valence-corrected chi connectivity index (χ2v) is 5.55. The zero-order chi connectivity index (χ0) is 15.7. The molecule has 0 saturated carbocycles. The first kappa shape index (κ1) is 14.8. The molecule has 1 unspecified atom stereocenters. The molecule has 22 heavy (non-hydrogen) atoms. The number of hydrogen-bond acceptors (Lipinski definition) is 5. The number of oxazole rings is 1. The lowest BCUT2D eigenvalue weighted by Gasteiger charge is -2.40. The normalized spacial score (nSPS) is 19.6. The molecule has 3 heterocycles. The summed E-state index contributed by atoms with van der Waals surface area (Å²) in [6, 6.07) is 0.106. The van der Waals surface area contributed by atoms with Crippen molar-refractivity contribution in [2.45, 2.75) is 19.9 Å². The van der Waals surface area contributed by atoms with Crippen molar-refractivity contribution in [2.75, 3.05) is 26.2 Å². The summed E-state index contributed by atoms with van der Waals surface area (Å²) in [5.74, 6) is 1.48. The van der Waals surface area contributed by atoms with E-state index in [2.05, 4.69) is 21.8 Å². The van der Waals surface area contributed by atoms with Gasteiger partial charge in [0.1, 0.15) is 11.6 Å². The number of imidazole rings is 1. The Morgan fingerprint density at radius 1 is 1.41 bits per heavy atom. The largest absolute Gasteiger partial charge is 0.448 e. The van der Waals surface area contributed by atoms with Gasteiger partial charge in [0.2, 0.25) is 0 Å². The van der Waals surface area contributed by atoms with E-state index < -0.39 is 0 Å². The molecule has 0 bridgehead atoms. The highest BCUT2D eigenvalue weighted by Gasteiger charge is 2.33. The van der Waals surface area contributed by atoms with Crippen molar-refractivity contribution in [3.05, 3.63) is 36.1 Å². The lowest BCUT2D eigenvalue weighted by Crippen LogP contribution is -2.51. The summed E-state index contributed by atoms with van der Waals surface area (Å²) < 4.78 is 7.17. The Bertz CT molecular complexity index is 662. The Kier molecular flexibility index (Phi) is 3.98. The number of likely N-dealkylation sites (N-methyl/N-ethyl adjacent to an activating group) is 1. The third kappa shape index (κ3) is 2.52. The highest BCUT2D eigenvalue weighted by atomic mass is 16.3. The Labute approximate surface area is 129 Å². The number of aryl methyl sites for hydroxylation is 2. The number of amides is 1. The Balaban J connectivity index is 1.83. The van der Waals surface area contributed by atoms with E-state index in [1.165, 1.54) is 6.39 Å². The van der Waals surface area contributed by atoms with Gasteiger partial charge in [-0.2, -0.15) is 0 Å². The number of hydrogen-bond donors (Lipinski definition) is 0. The van der Waals surface area contributed by atoms with E-state index in [-0.39, 0.29) is 11.9 Å². The summed E-state index contributed by atoms with van der Waals surface area (Å²) in [4.78, 5) is 25.3. The minimum Gasteiger partial charge on any atom is -0.448 e. The molecule has 0 N–H and O–H groups in total. The fourth-order valence-electron chi connectivity index (χ4n) is 2.99. The molecule has 1 aliphatic rings. The van der Waals surface area contributed by atoms with Crippen molar-refractivity contribution < 1.29 is 9.21 Å². The maximum atomic E-state index is 12.6. The molecule has 0 aromatic carbocycles. The van der Waals surface area contributed by atoms with Crippen molar-refractivity contribution in [1.82, 2.24) is 24.3 Å². The highest BCUT2D eigenvalue weighted by molar-refractivity contribution is 5.93. The highest BCUT2D eigenvalue weighted by Crippen LogP contribution is 2.25. The van der Waals surface area contributed by atoms with Crippen molar-refractivity contribution in [1.29, 1.82) is 0 Å². The summed E-state index contributed by atoms with van der Waals surface area (Å²) in [6.07, 6.45) is 5.05. The van der Waals surface area contributed by atoms with Gasteiger partial charge in [0.05, 0.1) is 6.04 Å². The number of carbonyl (C=O) groups is 1. The van der Waals surface area contributed by atoms with Gasteiger partial charge in [-0.15, -0.1) is 0 Å². The van der Waals surface area contributed by atoms with Gasteiger partial charge in [-0.1, -0.05) is 6.92 Å². The van der Waals surface area contributed by atoms with Crippen molar-refractivity contribution in [3.63, 3.8) is 0 Å². The first-order valence-corrected chi connectivity index (χ1v) is 7.52. The number of aromatic nitrogens is 3. The maximum absolute atomic E-state index is 12.6. The quantitative estimate of drug-likeness (QED) is 0.853. The van der Waals surface area contributed by atoms with E-state index in [4.69, 9.17) is 4.42 Å². The molecule has 1 saturated heterocycles. The molecule has 3 rings (SSSR count). The summed E-state index contributed by atoms with van der Waals surface area (Å²) in [7, 11) is 1.98. The van der Waals surface area contributed by atoms with Crippen LogP contribution < -0.4 is 0 Å². The summed E-state index contributed by atoms with van der Waals surface area (Å²) in [6.45, 7) is 6.97. The van der Waals surface area contributed by atoms with Crippen molar-refractivity contribution >= 4 is 5.91 Å². The fourth-order valence-corrected chi connectivity index (χ4v) is 2.99. The molecule has 1 aliphatic heterocycles. The summed E-state index contributed by atoms with van der Waals surface area (Å²) in [5, 5.41) is 0. The monoisotopic (exact) mass is 303 g/mol. The maximum Gasteiger partial charge on any atom is 0.276 e. The summed E-state index contributed by atoms with van der Waals surface area (Å²) in [5.41, 5.74) is 0.406. The third-order valence-corrected chi connectivity index (χ3v) is 4.29. The molecule has 2 aromatic rings.